The Morgan fingerprint density at radius 3 is 2.33 bits per heavy atom. The summed E-state index contributed by atoms with van der Waals surface area (Å²) in [7, 11) is 0. The third kappa shape index (κ3) is 3.97. The van der Waals surface area contributed by atoms with Crippen LogP contribution in [0.2, 0.25) is 0 Å². The van der Waals surface area contributed by atoms with Crippen LogP contribution in [0.5, 0.6) is 0 Å². The number of aryl methyl sites for hydroxylation is 1. The van der Waals surface area contributed by atoms with E-state index in [4.69, 9.17) is 0 Å². The Balaban J connectivity index is 1.67. The molecule has 0 aliphatic rings. The molecule has 5 nitrogen and oxygen atoms in total. The molecule has 6 heteroatoms. The van der Waals surface area contributed by atoms with Crippen LogP contribution in [0.25, 0.3) is 0 Å². The van der Waals surface area contributed by atoms with Gasteiger partial charge in [0.05, 0.1) is 0 Å². The molecule has 0 saturated heterocycles. The van der Waals surface area contributed by atoms with Crippen LogP contribution < -0.4 is 10.6 Å². The molecule has 24 heavy (non-hydrogen) atoms. The maximum atomic E-state index is 12.1. The molecule has 0 spiro atoms. The van der Waals surface area contributed by atoms with Crippen LogP contribution >= 0.6 is 15.9 Å². The Labute approximate surface area is 148 Å². The lowest BCUT2D eigenvalue weighted by Crippen LogP contribution is -2.13. The first-order valence-corrected chi connectivity index (χ1v) is 8.14. The van der Waals surface area contributed by atoms with Crippen LogP contribution in [0.3, 0.4) is 0 Å². The van der Waals surface area contributed by atoms with Crippen LogP contribution in [-0.4, -0.2) is 16.1 Å². The molecule has 2 aromatic carbocycles. The van der Waals surface area contributed by atoms with Gasteiger partial charge in [-0.3, -0.25) is 4.79 Å². The molecule has 0 unspecified atom stereocenters. The summed E-state index contributed by atoms with van der Waals surface area (Å²) in [6, 6.07) is 18.4. The molecule has 120 valence electrons. The van der Waals surface area contributed by atoms with Crippen molar-refractivity contribution in [3.8, 4) is 0 Å². The number of anilines is 3. The van der Waals surface area contributed by atoms with Gasteiger partial charge in [-0.2, -0.15) is 0 Å². The highest BCUT2D eigenvalue weighted by molar-refractivity contribution is 9.10. The Morgan fingerprint density at radius 1 is 0.958 bits per heavy atom. The maximum Gasteiger partial charge on any atom is 0.256 e. The number of carbonyl (C=O) groups is 1. The minimum absolute atomic E-state index is 0.214. The van der Waals surface area contributed by atoms with E-state index in [1.54, 1.807) is 24.3 Å². The van der Waals surface area contributed by atoms with Crippen molar-refractivity contribution in [3.63, 3.8) is 0 Å². The second-order valence-electron chi connectivity index (χ2n) is 5.21. The minimum atomic E-state index is -0.214. The summed E-state index contributed by atoms with van der Waals surface area (Å²) in [4.78, 5) is 12.1. The molecule has 0 aliphatic carbocycles. The summed E-state index contributed by atoms with van der Waals surface area (Å²) in [6.07, 6.45) is 0. The first kappa shape index (κ1) is 16.1. The van der Waals surface area contributed by atoms with Gasteiger partial charge in [-0.25, -0.2) is 0 Å². The summed E-state index contributed by atoms with van der Waals surface area (Å²) in [5.74, 6) is 0.796. The van der Waals surface area contributed by atoms with Crippen molar-refractivity contribution in [1.82, 2.24) is 10.2 Å². The van der Waals surface area contributed by atoms with Crippen molar-refractivity contribution in [2.45, 2.75) is 6.92 Å². The van der Waals surface area contributed by atoms with Gasteiger partial charge in [-0.15, -0.1) is 10.2 Å². The number of hydrogen-bond donors (Lipinski definition) is 2. The van der Waals surface area contributed by atoms with Gasteiger partial charge in [0, 0.05) is 15.7 Å². The zero-order chi connectivity index (χ0) is 16.9. The average Bonchev–Trinajstić information content (AvgIpc) is 2.61. The van der Waals surface area contributed by atoms with E-state index in [1.807, 2.05) is 43.3 Å². The predicted molar refractivity (Wildman–Crippen MR) is 98.6 cm³/mol. The van der Waals surface area contributed by atoms with Crippen molar-refractivity contribution < 1.29 is 4.79 Å². The molecule has 0 atom stereocenters. The molecule has 1 amide bonds. The topological polar surface area (TPSA) is 66.9 Å². The van der Waals surface area contributed by atoms with Crippen molar-refractivity contribution in [2.75, 3.05) is 10.6 Å². The number of halogens is 1. The number of benzene rings is 2. The highest BCUT2D eigenvalue weighted by Crippen LogP contribution is 2.22. The lowest BCUT2D eigenvalue weighted by atomic mass is 10.2. The number of rotatable bonds is 4. The van der Waals surface area contributed by atoms with Crippen LogP contribution in [0.4, 0.5) is 17.3 Å². The predicted octanol–water partition coefficient (Wildman–Crippen LogP) is 4.54. The molecule has 2 N–H and O–H groups in total. The lowest BCUT2D eigenvalue weighted by Gasteiger charge is -2.08. The molecule has 3 rings (SSSR count). The number of aromatic nitrogens is 2. The maximum absolute atomic E-state index is 12.1. The van der Waals surface area contributed by atoms with Gasteiger partial charge in [-0.1, -0.05) is 34.1 Å². The van der Waals surface area contributed by atoms with Crippen molar-refractivity contribution in [1.29, 1.82) is 0 Å². The van der Waals surface area contributed by atoms with E-state index in [1.165, 1.54) is 0 Å². The smallest absolute Gasteiger partial charge is 0.256 e. The number of hydrogen-bond acceptors (Lipinski definition) is 4. The quantitative estimate of drug-likeness (QED) is 0.694. The summed E-state index contributed by atoms with van der Waals surface area (Å²) >= 11 is 3.47. The third-order valence-corrected chi connectivity index (χ3v) is 4.26. The standard InChI is InChI=1S/C18H15BrN4O/c1-12-11-14(7-8-15(12)19)20-16-9-10-17(23-22-16)21-18(24)13-5-3-2-4-6-13/h2-11H,1H3,(H,20,22)(H,21,23,24). The molecule has 0 aliphatic heterocycles. The second-order valence-corrected chi connectivity index (χ2v) is 6.07. The SMILES string of the molecule is Cc1cc(Nc2ccc(NC(=O)c3ccccc3)nn2)ccc1Br. The van der Waals surface area contributed by atoms with Gasteiger partial charge in [0.25, 0.3) is 5.91 Å². The van der Waals surface area contributed by atoms with Crippen LogP contribution in [-0.2, 0) is 0 Å². The first-order chi connectivity index (χ1) is 11.6. The summed E-state index contributed by atoms with van der Waals surface area (Å²) in [5, 5.41) is 14.0. The summed E-state index contributed by atoms with van der Waals surface area (Å²) in [6.45, 7) is 2.02. The Morgan fingerprint density at radius 2 is 1.67 bits per heavy atom. The van der Waals surface area contributed by atoms with E-state index in [-0.39, 0.29) is 5.91 Å². The van der Waals surface area contributed by atoms with Crippen LogP contribution in [0.15, 0.2) is 65.1 Å². The lowest BCUT2D eigenvalue weighted by molar-refractivity contribution is 0.102. The Kier molecular flexibility index (Phi) is 4.86. The first-order valence-electron chi connectivity index (χ1n) is 7.35. The van der Waals surface area contributed by atoms with Gasteiger partial charge >= 0.3 is 0 Å². The number of nitrogens with zero attached hydrogens (tertiary/aromatic N) is 2. The van der Waals surface area contributed by atoms with Gasteiger partial charge in [-0.05, 0) is 55.0 Å². The fourth-order valence-corrected chi connectivity index (χ4v) is 2.36. The highest BCUT2D eigenvalue weighted by Gasteiger charge is 2.06. The van der Waals surface area contributed by atoms with Gasteiger partial charge in [0.15, 0.2) is 11.6 Å². The summed E-state index contributed by atoms with van der Waals surface area (Å²) < 4.78 is 1.05. The molecule has 0 radical (unpaired) electrons. The van der Waals surface area contributed by atoms with E-state index in [2.05, 4.69) is 36.8 Å². The van der Waals surface area contributed by atoms with Crippen molar-refractivity contribution >= 4 is 39.2 Å². The molecule has 0 fully saturated rings. The molecule has 3 aromatic rings. The van der Waals surface area contributed by atoms with Crippen molar-refractivity contribution in [2.24, 2.45) is 0 Å². The van der Waals surface area contributed by atoms with E-state index in [0.717, 1.165) is 15.7 Å². The highest BCUT2D eigenvalue weighted by atomic mass is 79.9. The average molecular weight is 383 g/mol. The molecule has 0 saturated carbocycles. The van der Waals surface area contributed by atoms with E-state index >= 15 is 0 Å². The molecule has 1 aromatic heterocycles. The van der Waals surface area contributed by atoms with Crippen LogP contribution in [0.1, 0.15) is 15.9 Å². The third-order valence-electron chi connectivity index (χ3n) is 3.37. The Bertz CT molecular complexity index is 851. The normalized spacial score (nSPS) is 10.2. The van der Waals surface area contributed by atoms with Crippen molar-refractivity contribution in [3.05, 3.63) is 76.3 Å². The number of nitrogens with one attached hydrogen (secondary N) is 2. The second kappa shape index (κ2) is 7.23. The summed E-state index contributed by atoms with van der Waals surface area (Å²) in [5.41, 5.74) is 2.62. The zero-order valence-electron chi connectivity index (χ0n) is 13.0. The monoisotopic (exact) mass is 382 g/mol. The minimum Gasteiger partial charge on any atom is -0.339 e. The molecule has 0 bridgehead atoms. The van der Waals surface area contributed by atoms with Crippen LogP contribution in [0, 0.1) is 6.92 Å². The fraction of sp³-hybridized carbons (Fsp3) is 0.0556. The van der Waals surface area contributed by atoms with E-state index in [9.17, 15) is 4.79 Å². The van der Waals surface area contributed by atoms with E-state index in [0.29, 0.717) is 17.2 Å². The molecular weight excluding hydrogens is 368 g/mol. The fourth-order valence-electron chi connectivity index (χ4n) is 2.11. The number of amides is 1. The van der Waals surface area contributed by atoms with Gasteiger partial charge in [0.2, 0.25) is 0 Å². The van der Waals surface area contributed by atoms with Gasteiger partial charge in [0.1, 0.15) is 0 Å². The Hall–Kier alpha value is -2.73. The van der Waals surface area contributed by atoms with Gasteiger partial charge < -0.3 is 10.6 Å². The zero-order valence-corrected chi connectivity index (χ0v) is 14.5. The number of carbonyl (C=O) groups excluding carboxylic acids is 1. The van der Waals surface area contributed by atoms with E-state index < -0.39 is 0 Å². The largest absolute Gasteiger partial charge is 0.339 e. The molecular formula is C18H15BrN4O. The molecule has 1 heterocycles.